The van der Waals surface area contributed by atoms with Crippen LogP contribution in [0.4, 0.5) is 4.79 Å². The van der Waals surface area contributed by atoms with E-state index in [1.807, 2.05) is 30.3 Å². The monoisotopic (exact) mass is 350 g/mol. The molecular formula is C18H26N2O5. The number of esters is 1. The molecule has 0 unspecified atom stereocenters. The average molecular weight is 350 g/mol. The molecule has 0 aromatic heterocycles. The number of nitrogens with one attached hydrogen (secondary N) is 1. The molecule has 1 atom stereocenters. The second-order valence-corrected chi connectivity index (χ2v) is 5.90. The van der Waals surface area contributed by atoms with Gasteiger partial charge in [0.1, 0.15) is 12.8 Å². The Morgan fingerprint density at radius 1 is 1.28 bits per heavy atom. The Balaban J connectivity index is 1.63. The number of hydrogen-bond donors (Lipinski definition) is 1. The van der Waals surface area contributed by atoms with E-state index >= 15 is 0 Å². The molecule has 0 aliphatic carbocycles. The fourth-order valence-electron chi connectivity index (χ4n) is 2.60. The minimum atomic E-state index is -0.485. The Kier molecular flexibility index (Phi) is 8.21. The van der Waals surface area contributed by atoms with Crippen LogP contribution in [-0.4, -0.2) is 56.5 Å². The fraction of sp³-hybridized carbons (Fsp3) is 0.556. The fourth-order valence-corrected chi connectivity index (χ4v) is 2.60. The van der Waals surface area contributed by atoms with E-state index in [0.717, 1.165) is 31.5 Å². The van der Waals surface area contributed by atoms with Gasteiger partial charge in [0.15, 0.2) is 0 Å². The molecule has 1 aromatic carbocycles. The van der Waals surface area contributed by atoms with Gasteiger partial charge in [0, 0.05) is 19.5 Å². The maximum absolute atomic E-state index is 11.9. The zero-order valence-corrected chi connectivity index (χ0v) is 14.6. The number of carbonyl (C=O) groups is 2. The van der Waals surface area contributed by atoms with Crippen molar-refractivity contribution in [3.8, 4) is 0 Å². The zero-order chi connectivity index (χ0) is 17.9. The minimum absolute atomic E-state index is 0.178. The van der Waals surface area contributed by atoms with Gasteiger partial charge in [-0.25, -0.2) is 4.79 Å². The van der Waals surface area contributed by atoms with Crippen LogP contribution in [0.15, 0.2) is 30.3 Å². The van der Waals surface area contributed by atoms with Gasteiger partial charge in [0.05, 0.1) is 13.7 Å². The number of morpholine rings is 1. The summed E-state index contributed by atoms with van der Waals surface area (Å²) in [6.07, 6.45) is 1.27. The van der Waals surface area contributed by atoms with E-state index in [9.17, 15) is 9.59 Å². The van der Waals surface area contributed by atoms with Crippen molar-refractivity contribution in [2.45, 2.75) is 32.1 Å². The van der Waals surface area contributed by atoms with E-state index < -0.39 is 6.09 Å². The number of alkyl carbamates (subject to hydrolysis) is 1. The Morgan fingerprint density at radius 3 is 2.84 bits per heavy atom. The number of unbranched alkanes of at least 4 members (excludes halogenated alkanes) is 1. The summed E-state index contributed by atoms with van der Waals surface area (Å²) in [5, 5.41) is 2.74. The number of benzene rings is 1. The molecule has 7 nitrogen and oxygen atoms in total. The van der Waals surface area contributed by atoms with Gasteiger partial charge in [0.25, 0.3) is 0 Å². The Labute approximate surface area is 148 Å². The normalized spacial score (nSPS) is 17.7. The minimum Gasteiger partial charge on any atom is -0.469 e. The lowest BCUT2D eigenvalue weighted by Gasteiger charge is -2.32. The smallest absolute Gasteiger partial charge is 0.409 e. The van der Waals surface area contributed by atoms with Crippen LogP contribution in [0.5, 0.6) is 0 Å². The van der Waals surface area contributed by atoms with Crippen LogP contribution in [0, 0.1) is 0 Å². The van der Waals surface area contributed by atoms with Crippen molar-refractivity contribution in [2.75, 3.05) is 33.4 Å². The van der Waals surface area contributed by atoms with Gasteiger partial charge in [-0.3, -0.25) is 15.0 Å². The van der Waals surface area contributed by atoms with Crippen molar-refractivity contribution in [1.29, 1.82) is 0 Å². The first-order chi connectivity index (χ1) is 12.2. The molecule has 138 valence electrons. The molecule has 1 aliphatic rings. The Bertz CT molecular complexity index is 538. The molecule has 1 amide bonds. The maximum Gasteiger partial charge on any atom is 0.409 e. The molecule has 1 fully saturated rings. The molecule has 1 aromatic rings. The quantitative estimate of drug-likeness (QED) is 0.570. The molecule has 2 rings (SSSR count). The Hall–Kier alpha value is -2.12. The highest BCUT2D eigenvalue weighted by atomic mass is 16.6. The van der Waals surface area contributed by atoms with Crippen LogP contribution >= 0.6 is 0 Å². The van der Waals surface area contributed by atoms with Gasteiger partial charge >= 0.3 is 12.1 Å². The lowest BCUT2D eigenvalue weighted by Crippen LogP contribution is -2.51. The molecular weight excluding hydrogens is 324 g/mol. The predicted octanol–water partition coefficient (Wildman–Crippen LogP) is 1.91. The number of nitrogens with zero attached hydrogens (tertiary/aromatic N) is 1. The van der Waals surface area contributed by atoms with Gasteiger partial charge in [0.2, 0.25) is 0 Å². The van der Waals surface area contributed by atoms with Gasteiger partial charge in [-0.1, -0.05) is 30.3 Å². The van der Waals surface area contributed by atoms with E-state index in [2.05, 4.69) is 15.0 Å². The summed E-state index contributed by atoms with van der Waals surface area (Å²) < 4.78 is 15.4. The highest BCUT2D eigenvalue weighted by molar-refractivity contribution is 5.69. The maximum atomic E-state index is 11.9. The summed E-state index contributed by atoms with van der Waals surface area (Å²) in [5.41, 5.74) is 0.939. The molecule has 1 aliphatic heterocycles. The van der Waals surface area contributed by atoms with E-state index in [1.54, 1.807) is 0 Å². The van der Waals surface area contributed by atoms with Crippen molar-refractivity contribution >= 4 is 12.1 Å². The molecule has 25 heavy (non-hydrogen) atoms. The van der Waals surface area contributed by atoms with Crippen molar-refractivity contribution in [2.24, 2.45) is 0 Å². The van der Waals surface area contributed by atoms with Crippen LogP contribution in [-0.2, 0) is 25.6 Å². The van der Waals surface area contributed by atoms with Crippen molar-refractivity contribution in [3.63, 3.8) is 0 Å². The first-order valence-electron chi connectivity index (χ1n) is 8.55. The average Bonchev–Trinajstić information content (AvgIpc) is 2.64. The topological polar surface area (TPSA) is 77.1 Å². The van der Waals surface area contributed by atoms with Gasteiger partial charge < -0.3 is 14.2 Å². The summed E-state index contributed by atoms with van der Waals surface area (Å²) in [5.74, 6) is -0.178. The van der Waals surface area contributed by atoms with E-state index in [1.165, 1.54) is 7.11 Å². The number of hydrogen-bond acceptors (Lipinski definition) is 6. The highest BCUT2D eigenvalue weighted by Gasteiger charge is 2.22. The molecule has 0 spiro atoms. The number of ether oxygens (including phenoxy) is 3. The summed E-state index contributed by atoms with van der Waals surface area (Å²) in [7, 11) is 1.40. The second-order valence-electron chi connectivity index (χ2n) is 5.90. The number of carbonyl (C=O) groups excluding carboxylic acids is 2. The largest absolute Gasteiger partial charge is 0.469 e. The van der Waals surface area contributed by atoms with Crippen molar-refractivity contribution in [1.82, 2.24) is 10.2 Å². The van der Waals surface area contributed by atoms with Gasteiger partial charge in [-0.05, 0) is 24.9 Å². The van der Waals surface area contributed by atoms with Gasteiger partial charge in [-0.15, -0.1) is 0 Å². The summed E-state index contributed by atoms with van der Waals surface area (Å²) >= 11 is 0. The van der Waals surface area contributed by atoms with Crippen LogP contribution in [0.1, 0.15) is 24.8 Å². The molecule has 0 radical (unpaired) electrons. The number of amides is 1. The third-order valence-electron chi connectivity index (χ3n) is 3.98. The van der Waals surface area contributed by atoms with Crippen LogP contribution in [0.2, 0.25) is 0 Å². The van der Waals surface area contributed by atoms with Gasteiger partial charge in [-0.2, -0.15) is 0 Å². The van der Waals surface area contributed by atoms with Crippen LogP contribution in [0.25, 0.3) is 0 Å². The molecule has 1 heterocycles. The lowest BCUT2D eigenvalue weighted by molar-refractivity contribution is -0.140. The third-order valence-corrected chi connectivity index (χ3v) is 3.98. The van der Waals surface area contributed by atoms with Crippen molar-refractivity contribution in [3.05, 3.63) is 35.9 Å². The zero-order valence-electron chi connectivity index (χ0n) is 14.6. The highest BCUT2D eigenvalue weighted by Crippen LogP contribution is 2.07. The van der Waals surface area contributed by atoms with Crippen LogP contribution < -0.4 is 5.32 Å². The number of rotatable bonds is 8. The third kappa shape index (κ3) is 7.53. The summed E-state index contributed by atoms with van der Waals surface area (Å²) in [6, 6.07) is 9.53. The Morgan fingerprint density at radius 2 is 2.08 bits per heavy atom. The lowest BCUT2D eigenvalue weighted by atomic mass is 10.2. The summed E-state index contributed by atoms with van der Waals surface area (Å²) in [6.45, 7) is 3.07. The van der Waals surface area contributed by atoms with Crippen molar-refractivity contribution < 1.29 is 23.8 Å². The molecule has 1 saturated heterocycles. The second kappa shape index (κ2) is 10.7. The molecule has 0 saturated carbocycles. The molecule has 1 N–H and O–H groups in total. The van der Waals surface area contributed by atoms with E-state index in [-0.39, 0.29) is 18.8 Å². The SMILES string of the molecule is COC(=O)CCCCN1CCO[C@H](NC(=O)OCc2ccccc2)C1. The van der Waals surface area contributed by atoms with E-state index in [4.69, 9.17) is 9.47 Å². The standard InChI is InChI=1S/C18H26N2O5/c1-23-17(21)9-5-6-10-20-11-12-24-16(13-20)19-18(22)25-14-15-7-3-2-4-8-15/h2-4,7-8,16H,5-6,9-14H2,1H3,(H,19,22)/t16-/m0/s1. The molecule has 0 bridgehead atoms. The first-order valence-corrected chi connectivity index (χ1v) is 8.55. The van der Waals surface area contributed by atoms with E-state index in [0.29, 0.717) is 19.6 Å². The summed E-state index contributed by atoms with van der Waals surface area (Å²) in [4.78, 5) is 25.2. The first kappa shape index (κ1) is 19.2. The van der Waals surface area contributed by atoms with Crippen LogP contribution in [0.3, 0.4) is 0 Å². The predicted molar refractivity (Wildman–Crippen MR) is 91.8 cm³/mol. The number of methoxy groups -OCH3 is 1. The molecule has 7 heteroatoms.